The number of nitrogens with two attached hydrogens (primary N) is 1. The van der Waals surface area contributed by atoms with E-state index in [4.69, 9.17) is 5.73 Å². The highest BCUT2D eigenvalue weighted by molar-refractivity contribution is 5.78. The Hall–Kier alpha value is -1.39. The molecule has 0 spiro atoms. The Labute approximate surface area is 127 Å². The monoisotopic (exact) mass is 289 g/mol. The van der Waals surface area contributed by atoms with Crippen molar-refractivity contribution in [1.29, 1.82) is 0 Å². The lowest BCUT2D eigenvalue weighted by Crippen LogP contribution is -2.50. The van der Waals surface area contributed by atoms with E-state index in [0.29, 0.717) is 24.9 Å². The quantitative estimate of drug-likeness (QED) is 0.865. The van der Waals surface area contributed by atoms with Crippen LogP contribution in [0.5, 0.6) is 0 Å². The third-order valence-corrected chi connectivity index (χ3v) is 4.44. The second kappa shape index (κ2) is 7.57. The van der Waals surface area contributed by atoms with Crippen LogP contribution in [-0.4, -0.2) is 43.0 Å². The zero-order chi connectivity index (χ0) is 15.2. The van der Waals surface area contributed by atoms with E-state index in [1.165, 1.54) is 5.56 Å². The minimum atomic E-state index is 0.0968. The standard InChI is InChI=1S/C17H27N3O/c1-13-8-9-20(11-16(13)18)12-17(21)19-10-14(2)15-6-4-3-5-7-15/h3-7,13-14,16H,8-12,18H2,1-2H3,(H,19,21). The smallest absolute Gasteiger partial charge is 0.234 e. The van der Waals surface area contributed by atoms with Crippen LogP contribution in [0.25, 0.3) is 0 Å². The van der Waals surface area contributed by atoms with E-state index in [2.05, 4.69) is 36.2 Å². The molecule has 4 nitrogen and oxygen atoms in total. The van der Waals surface area contributed by atoms with Crippen LogP contribution >= 0.6 is 0 Å². The van der Waals surface area contributed by atoms with Crippen LogP contribution < -0.4 is 11.1 Å². The van der Waals surface area contributed by atoms with Crippen LogP contribution in [0, 0.1) is 5.92 Å². The van der Waals surface area contributed by atoms with Gasteiger partial charge in [-0.15, -0.1) is 0 Å². The molecule has 0 aliphatic carbocycles. The zero-order valence-corrected chi connectivity index (χ0v) is 13.1. The van der Waals surface area contributed by atoms with Gasteiger partial charge in [0.25, 0.3) is 0 Å². The molecule has 1 fully saturated rings. The Balaban J connectivity index is 1.73. The van der Waals surface area contributed by atoms with Crippen molar-refractivity contribution in [2.45, 2.75) is 32.2 Å². The molecule has 0 aromatic heterocycles. The molecule has 1 aliphatic heterocycles. The van der Waals surface area contributed by atoms with Gasteiger partial charge in [-0.2, -0.15) is 0 Å². The van der Waals surface area contributed by atoms with E-state index in [0.717, 1.165) is 19.5 Å². The van der Waals surface area contributed by atoms with E-state index in [1.54, 1.807) is 0 Å². The largest absolute Gasteiger partial charge is 0.354 e. The number of carbonyl (C=O) groups is 1. The second-order valence-electron chi connectivity index (χ2n) is 6.28. The van der Waals surface area contributed by atoms with Crippen LogP contribution in [0.2, 0.25) is 0 Å². The van der Waals surface area contributed by atoms with Gasteiger partial charge < -0.3 is 11.1 Å². The van der Waals surface area contributed by atoms with Crippen LogP contribution in [0.4, 0.5) is 0 Å². The molecule has 1 aromatic rings. The Morgan fingerprint density at radius 3 is 2.81 bits per heavy atom. The molecule has 0 radical (unpaired) electrons. The maximum absolute atomic E-state index is 12.0. The summed E-state index contributed by atoms with van der Waals surface area (Å²) in [5.41, 5.74) is 7.33. The maximum Gasteiger partial charge on any atom is 0.234 e. The van der Waals surface area contributed by atoms with Crippen LogP contribution in [0.3, 0.4) is 0 Å². The molecule has 1 amide bonds. The first kappa shape index (κ1) is 16.0. The summed E-state index contributed by atoms with van der Waals surface area (Å²) < 4.78 is 0. The number of carbonyl (C=O) groups excluding carboxylic acids is 1. The van der Waals surface area contributed by atoms with Gasteiger partial charge in [0.05, 0.1) is 6.54 Å². The molecular weight excluding hydrogens is 262 g/mol. The Bertz CT molecular complexity index is 449. The third-order valence-electron chi connectivity index (χ3n) is 4.44. The van der Waals surface area contributed by atoms with Crippen molar-refractivity contribution in [1.82, 2.24) is 10.2 Å². The average molecular weight is 289 g/mol. The van der Waals surface area contributed by atoms with Crippen molar-refractivity contribution in [3.05, 3.63) is 35.9 Å². The number of nitrogens with one attached hydrogen (secondary N) is 1. The van der Waals surface area contributed by atoms with Crippen molar-refractivity contribution in [3.8, 4) is 0 Å². The number of hydrogen-bond acceptors (Lipinski definition) is 3. The zero-order valence-electron chi connectivity index (χ0n) is 13.1. The molecule has 3 N–H and O–H groups in total. The molecule has 1 aliphatic rings. The molecule has 3 atom stereocenters. The molecule has 1 heterocycles. The minimum Gasteiger partial charge on any atom is -0.354 e. The summed E-state index contributed by atoms with van der Waals surface area (Å²) in [5.74, 6) is 0.987. The molecule has 0 saturated carbocycles. The van der Waals surface area contributed by atoms with Gasteiger partial charge in [0.2, 0.25) is 5.91 Å². The van der Waals surface area contributed by atoms with Crippen LogP contribution in [0.1, 0.15) is 31.7 Å². The van der Waals surface area contributed by atoms with E-state index in [1.807, 2.05) is 18.2 Å². The van der Waals surface area contributed by atoms with Gasteiger partial charge in [-0.05, 0) is 30.4 Å². The molecule has 1 aromatic carbocycles. The fourth-order valence-corrected chi connectivity index (χ4v) is 2.74. The first-order chi connectivity index (χ1) is 10.1. The lowest BCUT2D eigenvalue weighted by atomic mass is 9.94. The summed E-state index contributed by atoms with van der Waals surface area (Å²) in [7, 11) is 0. The van der Waals surface area contributed by atoms with E-state index in [9.17, 15) is 4.79 Å². The summed E-state index contributed by atoms with van der Waals surface area (Å²) in [6.07, 6.45) is 1.08. The minimum absolute atomic E-state index is 0.0968. The van der Waals surface area contributed by atoms with Gasteiger partial charge in [-0.25, -0.2) is 0 Å². The number of rotatable bonds is 5. The number of amides is 1. The van der Waals surface area contributed by atoms with Gasteiger partial charge in [-0.1, -0.05) is 44.2 Å². The van der Waals surface area contributed by atoms with Crippen molar-refractivity contribution in [2.75, 3.05) is 26.2 Å². The summed E-state index contributed by atoms with van der Waals surface area (Å²) in [5, 5.41) is 3.03. The number of hydrogen-bond donors (Lipinski definition) is 2. The number of nitrogens with zero attached hydrogens (tertiary/aromatic N) is 1. The summed E-state index contributed by atoms with van der Waals surface area (Å²) in [6, 6.07) is 10.5. The maximum atomic E-state index is 12.0. The first-order valence-corrected chi connectivity index (χ1v) is 7.86. The van der Waals surface area contributed by atoms with E-state index in [-0.39, 0.29) is 11.9 Å². The lowest BCUT2D eigenvalue weighted by molar-refractivity contribution is -0.122. The highest BCUT2D eigenvalue weighted by Gasteiger charge is 2.24. The SMILES string of the molecule is CC(CNC(=O)CN1CCC(C)C(N)C1)c1ccccc1. The van der Waals surface area contributed by atoms with Crippen LogP contribution in [0.15, 0.2) is 30.3 Å². The summed E-state index contributed by atoms with van der Waals surface area (Å²) in [6.45, 7) is 7.25. The second-order valence-corrected chi connectivity index (χ2v) is 6.28. The highest BCUT2D eigenvalue weighted by atomic mass is 16.2. The van der Waals surface area contributed by atoms with Gasteiger partial charge in [0, 0.05) is 19.1 Å². The van der Waals surface area contributed by atoms with Gasteiger partial charge in [-0.3, -0.25) is 9.69 Å². The highest BCUT2D eigenvalue weighted by Crippen LogP contribution is 2.15. The summed E-state index contributed by atoms with van der Waals surface area (Å²) in [4.78, 5) is 14.2. The Morgan fingerprint density at radius 1 is 1.43 bits per heavy atom. The van der Waals surface area contributed by atoms with Crippen molar-refractivity contribution in [3.63, 3.8) is 0 Å². The molecule has 3 unspecified atom stereocenters. The molecule has 0 bridgehead atoms. The molecule has 116 valence electrons. The summed E-state index contributed by atoms with van der Waals surface area (Å²) >= 11 is 0. The van der Waals surface area contributed by atoms with Crippen molar-refractivity contribution >= 4 is 5.91 Å². The topological polar surface area (TPSA) is 58.4 Å². The number of benzene rings is 1. The third kappa shape index (κ3) is 4.83. The van der Waals surface area contributed by atoms with Crippen LogP contribution in [-0.2, 0) is 4.79 Å². The fourth-order valence-electron chi connectivity index (χ4n) is 2.74. The molecule has 4 heteroatoms. The average Bonchev–Trinajstić information content (AvgIpc) is 2.49. The normalized spacial score (nSPS) is 24.5. The fraction of sp³-hybridized carbons (Fsp3) is 0.588. The van der Waals surface area contributed by atoms with E-state index >= 15 is 0 Å². The first-order valence-electron chi connectivity index (χ1n) is 7.86. The van der Waals surface area contributed by atoms with Crippen molar-refractivity contribution in [2.24, 2.45) is 11.7 Å². The van der Waals surface area contributed by atoms with Gasteiger partial charge in [0.1, 0.15) is 0 Å². The van der Waals surface area contributed by atoms with E-state index < -0.39 is 0 Å². The van der Waals surface area contributed by atoms with Gasteiger partial charge >= 0.3 is 0 Å². The molecule has 1 saturated heterocycles. The van der Waals surface area contributed by atoms with Gasteiger partial charge in [0.15, 0.2) is 0 Å². The molecular formula is C17H27N3O. The Morgan fingerprint density at radius 2 is 2.14 bits per heavy atom. The number of likely N-dealkylation sites (tertiary alicyclic amines) is 1. The predicted octanol–water partition coefficient (Wildman–Crippen LogP) is 1.58. The molecule has 21 heavy (non-hydrogen) atoms. The van der Waals surface area contributed by atoms with Crippen molar-refractivity contribution < 1.29 is 4.79 Å². The molecule has 2 rings (SSSR count). The Kier molecular flexibility index (Phi) is 5.76. The lowest BCUT2D eigenvalue weighted by Gasteiger charge is -2.34. The number of piperidine rings is 1. The predicted molar refractivity (Wildman–Crippen MR) is 86.1 cm³/mol.